The lowest BCUT2D eigenvalue weighted by atomic mass is 9.91. The summed E-state index contributed by atoms with van der Waals surface area (Å²) in [6.45, 7) is 16.9. The van der Waals surface area contributed by atoms with E-state index in [4.69, 9.17) is 23.7 Å². The number of rotatable bonds is 17. The molecule has 29 nitrogen and oxygen atoms in total. The van der Waals surface area contributed by atoms with Gasteiger partial charge in [0, 0.05) is 132 Å². The second kappa shape index (κ2) is 30.9. The third-order valence-corrected chi connectivity index (χ3v) is 20.6. The molecular formula is C80H83FN20O9. The average Bonchev–Trinajstić information content (AvgIpc) is 1.61. The van der Waals surface area contributed by atoms with Gasteiger partial charge in [-0.3, -0.25) is 27.6 Å². The Hall–Kier alpha value is -12.1. The molecule has 0 radical (unpaired) electrons. The second-order valence-electron chi connectivity index (χ2n) is 28.3. The summed E-state index contributed by atoms with van der Waals surface area (Å²) in [6.07, 6.45) is 16.4. The predicted octanol–water partition coefficient (Wildman–Crippen LogP) is 9.62. The van der Waals surface area contributed by atoms with Crippen molar-refractivity contribution < 1.29 is 47.6 Å². The van der Waals surface area contributed by atoms with E-state index in [2.05, 4.69) is 86.5 Å². The molecule has 0 spiro atoms. The van der Waals surface area contributed by atoms with Crippen molar-refractivity contribution in [1.82, 2.24) is 69.0 Å². The predicted molar refractivity (Wildman–Crippen MR) is 413 cm³/mol. The normalized spacial score (nSPS) is 17.5. The minimum absolute atomic E-state index is 0.0191. The largest absolute Gasteiger partial charge is 0.390 e. The molecule has 30 heteroatoms. The second-order valence-corrected chi connectivity index (χ2v) is 28.3. The molecule has 12 aromatic rings. The van der Waals surface area contributed by atoms with E-state index in [1.807, 2.05) is 151 Å². The van der Waals surface area contributed by atoms with Crippen molar-refractivity contribution in [3.05, 3.63) is 203 Å². The molecule has 15 heterocycles. The fraction of sp³-hybridized carbons (Fsp3) is 0.312. The number of methoxy groups -OCH3 is 2. The van der Waals surface area contributed by atoms with Crippen LogP contribution < -0.4 is 46.6 Å². The van der Waals surface area contributed by atoms with Crippen LogP contribution in [0.25, 0.3) is 51.0 Å². The first-order valence-electron chi connectivity index (χ1n) is 36.5. The van der Waals surface area contributed by atoms with Gasteiger partial charge in [0.15, 0.2) is 0 Å². The number of hydrogen-bond acceptors (Lipinski definition) is 23. The number of nitrogens with one attached hydrogen (secondary N) is 6. The third kappa shape index (κ3) is 14.9. The molecule has 110 heavy (non-hydrogen) atoms. The zero-order valence-electron chi connectivity index (χ0n) is 61.6. The lowest BCUT2D eigenvalue weighted by Gasteiger charge is -2.34. The van der Waals surface area contributed by atoms with Crippen LogP contribution in [0.1, 0.15) is 73.0 Å². The Balaban J connectivity index is 0.000000125. The zero-order valence-corrected chi connectivity index (χ0v) is 61.6. The molecule has 0 saturated carbocycles. The van der Waals surface area contributed by atoms with Crippen LogP contribution in [0.3, 0.4) is 0 Å². The highest BCUT2D eigenvalue weighted by molar-refractivity contribution is 6.08. The Labute approximate surface area is 632 Å². The van der Waals surface area contributed by atoms with Crippen molar-refractivity contribution in [3.8, 4) is 33.8 Å². The maximum absolute atomic E-state index is 13.7. The van der Waals surface area contributed by atoms with Crippen LogP contribution in [0.15, 0.2) is 153 Å². The van der Waals surface area contributed by atoms with Crippen molar-refractivity contribution in [2.24, 2.45) is 5.92 Å². The maximum Gasteiger partial charge on any atom is 0.254 e. The lowest BCUT2D eigenvalue weighted by molar-refractivity contribution is -0.0158. The highest BCUT2D eigenvalue weighted by atomic mass is 19.1. The molecule has 3 aromatic carbocycles. The molecule has 3 amide bonds. The molecule has 6 aliphatic heterocycles. The number of pyridine rings is 4. The highest BCUT2D eigenvalue weighted by Gasteiger charge is 2.34. The smallest absolute Gasteiger partial charge is 0.254 e. The summed E-state index contributed by atoms with van der Waals surface area (Å²) in [5, 5.41) is 29.3. The topological polar surface area (TPSA) is 316 Å². The van der Waals surface area contributed by atoms with E-state index in [1.165, 1.54) is 12.1 Å². The average molecular weight is 1490 g/mol. The third-order valence-electron chi connectivity index (χ3n) is 20.6. The molecule has 3 fully saturated rings. The van der Waals surface area contributed by atoms with Crippen molar-refractivity contribution in [3.63, 3.8) is 0 Å². The van der Waals surface area contributed by atoms with Crippen molar-refractivity contribution in [2.45, 2.75) is 65.1 Å². The van der Waals surface area contributed by atoms with Gasteiger partial charge in [-0.2, -0.15) is 0 Å². The van der Waals surface area contributed by atoms with E-state index in [1.54, 1.807) is 45.2 Å². The molecule has 0 aliphatic carbocycles. The first-order valence-corrected chi connectivity index (χ1v) is 36.5. The van der Waals surface area contributed by atoms with Crippen LogP contribution in [0.5, 0.6) is 0 Å². The summed E-state index contributed by atoms with van der Waals surface area (Å²) >= 11 is 0. The standard InChI is InChI=1S/C28H29FN6O3.2C26H27N7O3/c1-28(2,37)17-15-34(9-10-38-16-17)19-3-6-24(30-12-19)33-22-5-4-20(21-13-32-27(36)26(21)22)23-14-31-25-11-18(29)7-8-35(23)25;2*1-16-7-8-33-22(13-29-26(33)30-16)19-4-5-21(24-20(19)12-28-25(24)34)31-23-6-3-17(11-27-23)32-9-10-36-18(14-32)15-35-2/h3-8,11-12,14,17,37H,9-10,13,15-16H2,1-2H3,(H,30,33)(H,32,36);2*3-8,11,13,18H,9-10,12,14-15H2,1-2H3,(H,27,31)(H,28,34)/t17-;2*18-/m010/s1. The monoisotopic (exact) mass is 1490 g/mol. The molecule has 9 aromatic heterocycles. The number of aryl methyl sites for hydroxylation is 2. The van der Waals surface area contributed by atoms with E-state index in [0.29, 0.717) is 129 Å². The fourth-order valence-corrected chi connectivity index (χ4v) is 14.9. The maximum atomic E-state index is 13.7. The number of hydrogen-bond donors (Lipinski definition) is 7. The van der Waals surface area contributed by atoms with E-state index >= 15 is 0 Å². The van der Waals surface area contributed by atoms with E-state index < -0.39 is 5.60 Å². The minimum Gasteiger partial charge on any atom is -0.390 e. The zero-order chi connectivity index (χ0) is 75.7. The molecule has 3 saturated heterocycles. The van der Waals surface area contributed by atoms with Crippen molar-refractivity contribution in [1.29, 1.82) is 0 Å². The molecule has 564 valence electrons. The van der Waals surface area contributed by atoms with Gasteiger partial charge in [-0.25, -0.2) is 44.3 Å². The number of nitrogens with zero attached hydrogens (tertiary/aromatic N) is 14. The summed E-state index contributed by atoms with van der Waals surface area (Å²) in [6, 6.07) is 30.1. The number of aromatic nitrogens is 11. The van der Waals surface area contributed by atoms with Gasteiger partial charge in [0.2, 0.25) is 11.6 Å². The van der Waals surface area contributed by atoms with Crippen LogP contribution in [-0.2, 0) is 43.3 Å². The van der Waals surface area contributed by atoms with Gasteiger partial charge in [-0.15, -0.1) is 0 Å². The van der Waals surface area contributed by atoms with Gasteiger partial charge in [0.25, 0.3) is 17.7 Å². The molecular weight excluding hydrogens is 1400 g/mol. The summed E-state index contributed by atoms with van der Waals surface area (Å²) in [5.74, 6) is 2.48. The van der Waals surface area contributed by atoms with Crippen molar-refractivity contribution in [2.75, 3.05) is 124 Å². The Morgan fingerprint density at radius 3 is 1.34 bits per heavy atom. The lowest BCUT2D eigenvalue weighted by Crippen LogP contribution is -2.44. The summed E-state index contributed by atoms with van der Waals surface area (Å²) in [7, 11) is 3.37. The van der Waals surface area contributed by atoms with Crippen LogP contribution >= 0.6 is 0 Å². The molecule has 6 aliphatic rings. The number of fused-ring (bicyclic) bond motifs is 6. The molecule has 0 unspecified atom stereocenters. The summed E-state index contributed by atoms with van der Waals surface area (Å²) in [5.41, 5.74) is 16.4. The van der Waals surface area contributed by atoms with Gasteiger partial charge in [0.05, 0.1) is 163 Å². The number of amides is 3. The van der Waals surface area contributed by atoms with Crippen LogP contribution in [0, 0.1) is 25.6 Å². The number of benzene rings is 3. The number of imidazole rings is 3. The fourth-order valence-electron chi connectivity index (χ4n) is 14.9. The highest BCUT2D eigenvalue weighted by Crippen LogP contribution is 2.40. The molecule has 7 N–H and O–H groups in total. The minimum atomic E-state index is -0.843. The summed E-state index contributed by atoms with van der Waals surface area (Å²) < 4.78 is 47.0. The SMILES string of the molecule is CC(C)(O)[C@@H]1COCCN(c2ccc(Nc3ccc(-c4cnc5cc(F)ccn45)c4c3C(=O)NC4)nc2)C1.COC[C@@H]1CN(c2ccc(Nc3ccc(-c4cnc5nc(C)ccn45)c4c3C(=O)NC4)nc2)CCO1.COC[C@H]1CN(c2ccc(Nc3ccc(-c4cnc5nc(C)ccn45)c4c3C(=O)NC4)nc2)CCO1. The first kappa shape index (κ1) is 72.2. The van der Waals surface area contributed by atoms with Gasteiger partial charge in [0.1, 0.15) is 28.9 Å². The number of morpholine rings is 2. The number of carbonyl (C=O) groups is 3. The Morgan fingerprint density at radius 1 is 0.509 bits per heavy atom. The van der Waals surface area contributed by atoms with E-state index in [9.17, 15) is 23.9 Å². The van der Waals surface area contributed by atoms with E-state index in [0.717, 1.165) is 116 Å². The molecule has 0 bridgehead atoms. The van der Waals surface area contributed by atoms with Gasteiger partial charge < -0.3 is 75.4 Å². The van der Waals surface area contributed by atoms with E-state index in [-0.39, 0.29) is 41.7 Å². The van der Waals surface area contributed by atoms with Crippen LogP contribution in [-0.4, -0.2) is 187 Å². The van der Waals surface area contributed by atoms with Gasteiger partial charge in [-0.1, -0.05) is 18.2 Å². The number of anilines is 9. The van der Waals surface area contributed by atoms with Crippen LogP contribution in [0.4, 0.5) is 56.0 Å². The first-order chi connectivity index (χ1) is 53.5. The van der Waals surface area contributed by atoms with Gasteiger partial charge in [-0.05, 0) is 117 Å². The number of carbonyl (C=O) groups excluding carboxylic acids is 3. The summed E-state index contributed by atoms with van der Waals surface area (Å²) in [4.78, 5) is 81.2. The Morgan fingerprint density at radius 2 is 0.918 bits per heavy atom. The molecule has 18 rings (SSSR count). The van der Waals surface area contributed by atoms with Crippen LogP contribution in [0.2, 0.25) is 0 Å². The number of ether oxygens (including phenoxy) is 5. The number of halogens is 1. The van der Waals surface area contributed by atoms with Crippen molar-refractivity contribution >= 4 is 86.5 Å². The number of aliphatic hydroxyl groups is 1. The Bertz CT molecular complexity index is 5210. The molecule has 3 atom stereocenters. The Kier molecular flexibility index (Phi) is 20.3. The quantitative estimate of drug-likeness (QED) is 0.0446. The van der Waals surface area contributed by atoms with Gasteiger partial charge >= 0.3 is 0 Å².